The second-order valence-corrected chi connectivity index (χ2v) is 12.6. The molecule has 1 N–H and O–H groups in total. The monoisotopic (exact) mass is 442 g/mol. The minimum atomic E-state index is -0.635. The minimum Gasteiger partial charge on any atom is -0.295 e. The van der Waals surface area contributed by atoms with Gasteiger partial charge in [-0.1, -0.05) is 46.3 Å². The molecule has 32 heavy (non-hydrogen) atoms. The summed E-state index contributed by atoms with van der Waals surface area (Å²) in [5, 5.41) is 9.63. The maximum atomic E-state index is 12.1. The van der Waals surface area contributed by atoms with Crippen molar-refractivity contribution in [2.45, 2.75) is 104 Å². The van der Waals surface area contributed by atoms with Gasteiger partial charge in [0.2, 0.25) is 0 Å². The average molecular weight is 443 g/mol. The fraction of sp³-hybridized carbons (Fsp3) is 0.828. The van der Waals surface area contributed by atoms with Gasteiger partial charge in [-0.05, 0) is 110 Å². The van der Waals surface area contributed by atoms with E-state index < -0.39 is 5.60 Å². The smallest absolute Gasteiger partial charge is 0.155 e. The quantitative estimate of drug-likeness (QED) is 0.250. The fourth-order valence-corrected chi connectivity index (χ4v) is 9.00. The van der Waals surface area contributed by atoms with Gasteiger partial charge in [0.1, 0.15) is 5.60 Å². The lowest BCUT2D eigenvalue weighted by Gasteiger charge is -2.58. The molecule has 4 aliphatic carbocycles. The van der Waals surface area contributed by atoms with Crippen LogP contribution in [-0.2, 0) is 9.68 Å². The highest BCUT2D eigenvalue weighted by molar-refractivity contribution is 5.91. The predicted octanol–water partition coefficient (Wildman–Crippen LogP) is 7.62. The van der Waals surface area contributed by atoms with Crippen molar-refractivity contribution in [3.8, 4) is 0 Å². The molecule has 3 fully saturated rings. The van der Waals surface area contributed by atoms with Gasteiger partial charge in [0.15, 0.2) is 5.78 Å². The lowest BCUT2D eigenvalue weighted by Crippen LogP contribution is -2.51. The number of allylic oxidation sites excluding steroid dienone is 1. The average Bonchev–Trinajstić information content (AvgIpc) is 3.12. The van der Waals surface area contributed by atoms with Crippen molar-refractivity contribution in [2.24, 2.45) is 46.3 Å². The minimum absolute atomic E-state index is 0.201. The first-order valence-corrected chi connectivity index (χ1v) is 13.3. The summed E-state index contributed by atoms with van der Waals surface area (Å²) in [6, 6.07) is 0. The molecule has 0 aromatic heterocycles. The zero-order chi connectivity index (χ0) is 23.3. The summed E-state index contributed by atoms with van der Waals surface area (Å²) >= 11 is 0. The standard InChI is InChI=1S/C29H46O3/c1-7-29(32-31,19(2)3)17-12-20(4)24-10-11-25-23-9-8-21-18-22(30)13-15-27(21,5)26(23)14-16-28(24,25)6/h7,18-20,23-26,31H,1,8-17H2,2-6H3/t20-,23+,24-,25+,26+,27+,28-,29?/m1/s1. The second-order valence-electron chi connectivity index (χ2n) is 12.6. The van der Waals surface area contributed by atoms with Crippen LogP contribution in [0.2, 0.25) is 0 Å². The van der Waals surface area contributed by atoms with Crippen molar-refractivity contribution in [1.82, 2.24) is 0 Å². The molecule has 3 nitrogen and oxygen atoms in total. The van der Waals surface area contributed by atoms with Crippen molar-refractivity contribution in [3.63, 3.8) is 0 Å². The summed E-state index contributed by atoms with van der Waals surface area (Å²) in [4.78, 5) is 17.1. The number of fused-ring (bicyclic) bond motifs is 5. The fourth-order valence-electron chi connectivity index (χ4n) is 9.00. The Labute approximate surface area is 196 Å². The van der Waals surface area contributed by atoms with Crippen LogP contribution in [-0.4, -0.2) is 16.6 Å². The van der Waals surface area contributed by atoms with E-state index in [1.54, 1.807) is 6.08 Å². The van der Waals surface area contributed by atoms with Crippen molar-refractivity contribution in [1.29, 1.82) is 0 Å². The summed E-state index contributed by atoms with van der Waals surface area (Å²) < 4.78 is 0. The summed E-state index contributed by atoms with van der Waals surface area (Å²) in [6.07, 6.45) is 15.3. The van der Waals surface area contributed by atoms with Gasteiger partial charge in [0.05, 0.1) is 0 Å². The molecule has 4 rings (SSSR count). The van der Waals surface area contributed by atoms with Crippen molar-refractivity contribution >= 4 is 5.78 Å². The van der Waals surface area contributed by atoms with Gasteiger partial charge in [-0.2, -0.15) is 0 Å². The van der Waals surface area contributed by atoms with E-state index in [0.29, 0.717) is 17.1 Å². The Morgan fingerprint density at radius 2 is 1.91 bits per heavy atom. The van der Waals surface area contributed by atoms with Crippen LogP contribution in [0, 0.1) is 46.3 Å². The Morgan fingerprint density at radius 3 is 2.56 bits per heavy atom. The van der Waals surface area contributed by atoms with Crippen LogP contribution in [0.1, 0.15) is 98.8 Å². The normalized spacial score (nSPS) is 41.8. The lowest BCUT2D eigenvalue weighted by molar-refractivity contribution is -0.321. The number of carbonyl (C=O) groups excluding carboxylic acids is 1. The van der Waals surface area contributed by atoms with E-state index in [4.69, 9.17) is 4.89 Å². The van der Waals surface area contributed by atoms with Gasteiger partial charge in [-0.25, -0.2) is 4.89 Å². The third-order valence-corrected chi connectivity index (χ3v) is 11.2. The lowest BCUT2D eigenvalue weighted by atomic mass is 9.46. The Bertz CT molecular complexity index is 768. The Morgan fingerprint density at radius 1 is 1.16 bits per heavy atom. The maximum Gasteiger partial charge on any atom is 0.155 e. The molecule has 0 saturated heterocycles. The molecule has 0 heterocycles. The van der Waals surface area contributed by atoms with Gasteiger partial charge in [0, 0.05) is 6.42 Å². The van der Waals surface area contributed by atoms with Gasteiger partial charge in [-0.3, -0.25) is 10.1 Å². The molecule has 1 unspecified atom stereocenters. The molecule has 0 amide bonds. The molecule has 3 heteroatoms. The predicted molar refractivity (Wildman–Crippen MR) is 130 cm³/mol. The molecular formula is C29H46O3. The van der Waals surface area contributed by atoms with Crippen LogP contribution in [0.4, 0.5) is 0 Å². The first kappa shape index (κ1) is 24.2. The summed E-state index contributed by atoms with van der Waals surface area (Å²) in [7, 11) is 0. The number of hydrogen-bond donors (Lipinski definition) is 1. The molecular weight excluding hydrogens is 396 g/mol. The van der Waals surface area contributed by atoms with E-state index in [9.17, 15) is 10.1 Å². The SMILES string of the molecule is C=CC(CC[C@@H](C)[C@H]1CC[C@H]2[C@@H]3CCC4=CC(=O)CC[C@]4(C)[C@H]3CC[C@]12C)(OO)C(C)C. The van der Waals surface area contributed by atoms with Crippen LogP contribution >= 0.6 is 0 Å². The zero-order valence-corrected chi connectivity index (χ0v) is 21.2. The first-order valence-electron chi connectivity index (χ1n) is 13.3. The molecule has 0 aromatic carbocycles. The third kappa shape index (κ3) is 3.66. The van der Waals surface area contributed by atoms with Gasteiger partial charge in [0.25, 0.3) is 0 Å². The third-order valence-electron chi connectivity index (χ3n) is 11.2. The van der Waals surface area contributed by atoms with E-state index in [-0.39, 0.29) is 11.3 Å². The highest BCUT2D eigenvalue weighted by Gasteiger charge is 2.59. The zero-order valence-electron chi connectivity index (χ0n) is 21.2. The van der Waals surface area contributed by atoms with Crippen molar-refractivity contribution in [2.75, 3.05) is 0 Å². The highest BCUT2D eigenvalue weighted by atomic mass is 17.1. The van der Waals surface area contributed by atoms with Crippen LogP contribution in [0.5, 0.6) is 0 Å². The van der Waals surface area contributed by atoms with E-state index in [1.165, 1.54) is 37.7 Å². The number of hydrogen-bond acceptors (Lipinski definition) is 3. The van der Waals surface area contributed by atoms with E-state index in [2.05, 4.69) is 41.2 Å². The molecule has 0 bridgehead atoms. The Hall–Kier alpha value is -0.930. The molecule has 4 aliphatic rings. The number of ketones is 1. The first-order chi connectivity index (χ1) is 15.1. The summed E-state index contributed by atoms with van der Waals surface area (Å²) in [5.74, 6) is 4.34. The molecule has 3 saturated carbocycles. The topological polar surface area (TPSA) is 46.5 Å². The highest BCUT2D eigenvalue weighted by Crippen LogP contribution is 2.67. The van der Waals surface area contributed by atoms with Crippen molar-refractivity contribution in [3.05, 3.63) is 24.3 Å². The molecule has 0 aromatic rings. The maximum absolute atomic E-state index is 12.1. The number of rotatable bonds is 7. The van der Waals surface area contributed by atoms with E-state index in [1.807, 2.05) is 6.08 Å². The van der Waals surface area contributed by atoms with Crippen molar-refractivity contribution < 1.29 is 14.9 Å². The summed E-state index contributed by atoms with van der Waals surface area (Å²) in [6.45, 7) is 15.7. The molecule has 0 aliphatic heterocycles. The summed E-state index contributed by atoms with van der Waals surface area (Å²) in [5.41, 5.74) is 1.53. The number of carbonyl (C=O) groups is 1. The van der Waals surface area contributed by atoms with Gasteiger partial charge < -0.3 is 0 Å². The van der Waals surface area contributed by atoms with Crippen LogP contribution in [0.3, 0.4) is 0 Å². The van der Waals surface area contributed by atoms with Gasteiger partial charge in [-0.15, -0.1) is 6.58 Å². The molecule has 0 spiro atoms. The Balaban J connectivity index is 1.49. The largest absolute Gasteiger partial charge is 0.295 e. The molecule has 8 atom stereocenters. The van der Waals surface area contributed by atoms with Crippen LogP contribution in [0.25, 0.3) is 0 Å². The van der Waals surface area contributed by atoms with Gasteiger partial charge >= 0.3 is 0 Å². The second kappa shape index (κ2) is 8.69. The van der Waals surface area contributed by atoms with E-state index in [0.717, 1.165) is 55.8 Å². The van der Waals surface area contributed by atoms with Crippen LogP contribution in [0.15, 0.2) is 24.3 Å². The Kier molecular flexibility index (Phi) is 6.57. The van der Waals surface area contributed by atoms with Crippen LogP contribution < -0.4 is 0 Å². The molecule has 180 valence electrons. The van der Waals surface area contributed by atoms with E-state index >= 15 is 0 Å². The molecule has 0 radical (unpaired) electrons.